The van der Waals surface area contributed by atoms with Crippen molar-refractivity contribution in [2.24, 2.45) is 11.5 Å². The van der Waals surface area contributed by atoms with Crippen LogP contribution in [0.3, 0.4) is 0 Å². The monoisotopic (exact) mass is 244 g/mol. The van der Waals surface area contributed by atoms with Gasteiger partial charge in [0.05, 0.1) is 11.0 Å². The Morgan fingerprint density at radius 2 is 1.88 bits per heavy atom. The second-order valence-corrected chi connectivity index (χ2v) is 4.54. The van der Waals surface area contributed by atoms with Crippen molar-refractivity contribution in [3.8, 4) is 0 Å². The fourth-order valence-corrected chi connectivity index (χ4v) is 2.30. The highest BCUT2D eigenvalue weighted by Crippen LogP contribution is 2.11. The number of thiocarbonyl (C=S) groups is 1. The van der Waals surface area contributed by atoms with Gasteiger partial charge in [-0.2, -0.15) is 0 Å². The first-order valence-corrected chi connectivity index (χ1v) is 6.04. The van der Waals surface area contributed by atoms with Crippen LogP contribution in [-0.4, -0.2) is 53.0 Å². The van der Waals surface area contributed by atoms with Gasteiger partial charge in [-0.1, -0.05) is 25.6 Å². The summed E-state index contributed by atoms with van der Waals surface area (Å²) in [5, 5.41) is 0. The molecule has 0 bridgehead atoms. The number of nitrogens with two attached hydrogens (primary N) is 2. The predicted octanol–water partition coefficient (Wildman–Crippen LogP) is 0.138. The molecule has 0 radical (unpaired) electrons. The fraction of sp³-hybridized carbons (Fsp3) is 0.800. The van der Waals surface area contributed by atoms with Gasteiger partial charge >= 0.3 is 6.03 Å². The van der Waals surface area contributed by atoms with E-state index in [9.17, 15) is 4.79 Å². The molecule has 1 rings (SSSR count). The van der Waals surface area contributed by atoms with Crippen LogP contribution < -0.4 is 11.5 Å². The van der Waals surface area contributed by atoms with Crippen molar-refractivity contribution in [1.82, 2.24) is 9.80 Å². The number of nitrogens with zero attached hydrogens (tertiary/aromatic N) is 2. The van der Waals surface area contributed by atoms with E-state index in [0.717, 1.165) is 25.9 Å². The zero-order valence-corrected chi connectivity index (χ0v) is 10.5. The van der Waals surface area contributed by atoms with E-state index in [-0.39, 0.29) is 12.1 Å². The predicted molar refractivity (Wildman–Crippen MR) is 68.2 cm³/mol. The van der Waals surface area contributed by atoms with Crippen LogP contribution in [-0.2, 0) is 0 Å². The van der Waals surface area contributed by atoms with Crippen LogP contribution in [0.5, 0.6) is 0 Å². The van der Waals surface area contributed by atoms with E-state index in [1.807, 2.05) is 0 Å². The molecule has 92 valence electrons. The van der Waals surface area contributed by atoms with Gasteiger partial charge in [-0.05, 0) is 6.42 Å². The molecule has 4 N–H and O–H groups in total. The van der Waals surface area contributed by atoms with Gasteiger partial charge in [-0.25, -0.2) is 4.79 Å². The van der Waals surface area contributed by atoms with Gasteiger partial charge in [0.15, 0.2) is 0 Å². The van der Waals surface area contributed by atoms with Crippen molar-refractivity contribution < 1.29 is 4.79 Å². The molecular formula is C10H20N4OS. The summed E-state index contributed by atoms with van der Waals surface area (Å²) in [5.74, 6) is 0. The van der Waals surface area contributed by atoms with Crippen LogP contribution in [0.1, 0.15) is 19.8 Å². The molecule has 5 nitrogen and oxygen atoms in total. The second kappa shape index (κ2) is 6.00. The second-order valence-electron chi connectivity index (χ2n) is 4.07. The Bertz CT molecular complexity index is 264. The maximum absolute atomic E-state index is 11.0. The molecule has 2 amide bonds. The zero-order chi connectivity index (χ0) is 12.1. The number of carbonyl (C=O) groups is 1. The topological polar surface area (TPSA) is 75.6 Å². The lowest BCUT2D eigenvalue weighted by atomic mass is 10.1. The Balaban J connectivity index is 2.50. The van der Waals surface area contributed by atoms with Crippen LogP contribution in [0.2, 0.25) is 0 Å². The molecule has 0 aromatic carbocycles. The minimum absolute atomic E-state index is 0.162. The van der Waals surface area contributed by atoms with E-state index >= 15 is 0 Å². The summed E-state index contributed by atoms with van der Waals surface area (Å²) in [6.07, 6.45) is 2.03. The van der Waals surface area contributed by atoms with Gasteiger partial charge in [-0.15, -0.1) is 0 Å². The molecule has 1 fully saturated rings. The number of hydrogen-bond acceptors (Lipinski definition) is 3. The number of rotatable bonds is 4. The maximum Gasteiger partial charge on any atom is 0.314 e. The molecule has 0 aromatic heterocycles. The number of carbonyl (C=O) groups excluding carboxylic acids is 1. The summed E-state index contributed by atoms with van der Waals surface area (Å²) in [6.45, 7) is 5.04. The summed E-state index contributed by atoms with van der Waals surface area (Å²) in [6, 6.07) is -0.183. The average Bonchev–Trinajstić information content (AvgIpc) is 2.25. The Hall–Kier alpha value is -0.880. The molecule has 1 aliphatic heterocycles. The standard InChI is InChI=1S/C10H20N4OS/c1-2-3-8(9(11)16)13-4-6-14(7-5-13)10(12)15/h8H,2-7H2,1H3,(H2,11,16)(H2,12,15). The largest absolute Gasteiger partial charge is 0.392 e. The first-order valence-electron chi connectivity index (χ1n) is 5.64. The number of urea groups is 1. The lowest BCUT2D eigenvalue weighted by Gasteiger charge is -2.38. The lowest BCUT2D eigenvalue weighted by Crippen LogP contribution is -2.55. The van der Waals surface area contributed by atoms with Crippen LogP contribution in [0.25, 0.3) is 0 Å². The highest BCUT2D eigenvalue weighted by molar-refractivity contribution is 7.80. The molecule has 1 aliphatic rings. The summed E-state index contributed by atoms with van der Waals surface area (Å²) in [4.78, 5) is 15.4. The van der Waals surface area contributed by atoms with Crippen molar-refractivity contribution in [2.75, 3.05) is 26.2 Å². The molecule has 0 spiro atoms. The third-order valence-corrected chi connectivity index (χ3v) is 3.23. The summed E-state index contributed by atoms with van der Waals surface area (Å²) in [5.41, 5.74) is 11.0. The molecule has 0 aliphatic carbocycles. The Kier molecular flexibility index (Phi) is 4.95. The van der Waals surface area contributed by atoms with E-state index in [1.54, 1.807) is 4.90 Å². The Morgan fingerprint density at radius 3 is 2.25 bits per heavy atom. The van der Waals surface area contributed by atoms with E-state index in [0.29, 0.717) is 18.1 Å². The van der Waals surface area contributed by atoms with Crippen LogP contribution >= 0.6 is 12.2 Å². The Morgan fingerprint density at radius 1 is 1.31 bits per heavy atom. The third kappa shape index (κ3) is 3.31. The molecule has 16 heavy (non-hydrogen) atoms. The summed E-state index contributed by atoms with van der Waals surface area (Å²) in [7, 11) is 0. The van der Waals surface area contributed by atoms with Crippen molar-refractivity contribution in [3.05, 3.63) is 0 Å². The van der Waals surface area contributed by atoms with Crippen LogP contribution in [0.4, 0.5) is 4.79 Å². The number of primary amides is 1. The summed E-state index contributed by atoms with van der Waals surface area (Å²) >= 11 is 5.08. The van der Waals surface area contributed by atoms with Crippen molar-refractivity contribution in [2.45, 2.75) is 25.8 Å². The lowest BCUT2D eigenvalue weighted by molar-refractivity contribution is 0.129. The molecule has 1 heterocycles. The molecule has 1 saturated heterocycles. The maximum atomic E-state index is 11.0. The first-order chi connectivity index (χ1) is 7.56. The van der Waals surface area contributed by atoms with Gasteiger partial charge in [0.1, 0.15) is 0 Å². The highest BCUT2D eigenvalue weighted by Gasteiger charge is 2.25. The normalized spacial score (nSPS) is 19.4. The number of hydrogen-bond donors (Lipinski definition) is 2. The average molecular weight is 244 g/mol. The smallest absolute Gasteiger partial charge is 0.314 e. The molecular weight excluding hydrogens is 224 g/mol. The molecule has 0 aromatic rings. The van der Waals surface area contributed by atoms with Crippen molar-refractivity contribution in [1.29, 1.82) is 0 Å². The Labute approximate surface area is 102 Å². The van der Waals surface area contributed by atoms with E-state index in [1.165, 1.54) is 0 Å². The van der Waals surface area contributed by atoms with Gasteiger partial charge in [0.25, 0.3) is 0 Å². The van der Waals surface area contributed by atoms with Gasteiger partial charge in [-0.3, -0.25) is 4.90 Å². The SMILES string of the molecule is CCCC(C(N)=S)N1CCN(C(N)=O)CC1. The number of amides is 2. The minimum Gasteiger partial charge on any atom is -0.392 e. The van der Waals surface area contributed by atoms with Crippen molar-refractivity contribution >= 4 is 23.2 Å². The van der Waals surface area contributed by atoms with Gasteiger partial charge in [0, 0.05) is 26.2 Å². The minimum atomic E-state index is -0.345. The van der Waals surface area contributed by atoms with E-state index in [4.69, 9.17) is 23.7 Å². The third-order valence-electron chi connectivity index (χ3n) is 2.96. The number of piperazine rings is 1. The van der Waals surface area contributed by atoms with Gasteiger partial charge in [0.2, 0.25) is 0 Å². The fourth-order valence-electron chi connectivity index (χ4n) is 2.03. The highest BCUT2D eigenvalue weighted by atomic mass is 32.1. The first kappa shape index (κ1) is 13.2. The van der Waals surface area contributed by atoms with Crippen LogP contribution in [0, 0.1) is 0 Å². The molecule has 0 saturated carbocycles. The van der Waals surface area contributed by atoms with Crippen LogP contribution in [0.15, 0.2) is 0 Å². The van der Waals surface area contributed by atoms with Gasteiger partial charge < -0.3 is 16.4 Å². The van der Waals surface area contributed by atoms with E-state index in [2.05, 4.69) is 11.8 Å². The zero-order valence-electron chi connectivity index (χ0n) is 9.69. The molecule has 1 atom stereocenters. The van der Waals surface area contributed by atoms with E-state index < -0.39 is 0 Å². The summed E-state index contributed by atoms with van der Waals surface area (Å²) < 4.78 is 0. The molecule has 6 heteroatoms. The molecule has 1 unspecified atom stereocenters. The quantitative estimate of drug-likeness (QED) is 0.690. The van der Waals surface area contributed by atoms with Crippen molar-refractivity contribution in [3.63, 3.8) is 0 Å².